The van der Waals surface area contributed by atoms with Crippen LogP contribution in [-0.2, 0) is 0 Å². The molecule has 1 saturated heterocycles. The summed E-state index contributed by atoms with van der Waals surface area (Å²) in [6, 6.07) is 7.16. The molecule has 1 aromatic carbocycles. The summed E-state index contributed by atoms with van der Waals surface area (Å²) in [6.45, 7) is 1.83. The summed E-state index contributed by atoms with van der Waals surface area (Å²) in [7, 11) is 0. The molecule has 1 aliphatic rings. The number of rotatable bonds is 2. The molecule has 0 radical (unpaired) electrons. The van der Waals surface area contributed by atoms with Crippen molar-refractivity contribution < 1.29 is 9.90 Å². The number of carboxylic acids is 1. The molecule has 1 aliphatic heterocycles. The Morgan fingerprint density at radius 3 is 2.62 bits per heavy atom. The average molecular weight is 220 g/mol. The highest BCUT2D eigenvalue weighted by atomic mass is 16.4. The van der Waals surface area contributed by atoms with Crippen molar-refractivity contribution in [3.8, 4) is 0 Å². The first-order valence-corrected chi connectivity index (χ1v) is 5.48. The van der Waals surface area contributed by atoms with Crippen molar-refractivity contribution in [1.82, 2.24) is 5.32 Å². The summed E-state index contributed by atoms with van der Waals surface area (Å²) >= 11 is 0. The lowest BCUT2D eigenvalue weighted by molar-refractivity contribution is 0.0697. The van der Waals surface area contributed by atoms with Crippen molar-refractivity contribution in [3.05, 3.63) is 35.4 Å². The zero-order chi connectivity index (χ0) is 11.5. The number of aromatic carboxylic acids is 1. The molecule has 1 fully saturated rings. The predicted octanol–water partition coefficient (Wildman–Crippen LogP) is 0.789. The van der Waals surface area contributed by atoms with Crippen LogP contribution in [0.2, 0.25) is 0 Å². The number of benzene rings is 1. The molecule has 4 heteroatoms. The van der Waals surface area contributed by atoms with E-state index in [4.69, 9.17) is 10.8 Å². The Bertz CT molecular complexity index is 375. The van der Waals surface area contributed by atoms with Crippen molar-refractivity contribution in [3.63, 3.8) is 0 Å². The number of carboxylic acid groups (broad SMARTS) is 1. The van der Waals surface area contributed by atoms with E-state index in [1.54, 1.807) is 12.1 Å². The number of hydrogen-bond donors (Lipinski definition) is 3. The summed E-state index contributed by atoms with van der Waals surface area (Å²) in [6.07, 6.45) is 0.964. The topological polar surface area (TPSA) is 75.3 Å². The van der Waals surface area contributed by atoms with E-state index in [2.05, 4.69) is 5.32 Å². The summed E-state index contributed by atoms with van der Waals surface area (Å²) in [5.41, 5.74) is 7.49. The fraction of sp³-hybridized carbons (Fsp3) is 0.417. The number of piperidine rings is 1. The van der Waals surface area contributed by atoms with Crippen LogP contribution in [0.25, 0.3) is 0 Å². The summed E-state index contributed by atoms with van der Waals surface area (Å²) in [4.78, 5) is 10.7. The van der Waals surface area contributed by atoms with Gasteiger partial charge in [-0.15, -0.1) is 0 Å². The van der Waals surface area contributed by atoms with Gasteiger partial charge in [0.15, 0.2) is 0 Å². The predicted molar refractivity (Wildman–Crippen MR) is 61.6 cm³/mol. The van der Waals surface area contributed by atoms with Gasteiger partial charge in [-0.05, 0) is 30.7 Å². The SMILES string of the molecule is NC1CCNCC1c1ccc(C(=O)O)cc1. The zero-order valence-electron chi connectivity index (χ0n) is 9.02. The van der Waals surface area contributed by atoms with E-state index in [0.29, 0.717) is 5.56 Å². The molecule has 2 atom stereocenters. The monoisotopic (exact) mass is 220 g/mol. The lowest BCUT2D eigenvalue weighted by Crippen LogP contribution is -2.43. The van der Waals surface area contributed by atoms with Crippen molar-refractivity contribution in [2.75, 3.05) is 13.1 Å². The third-order valence-corrected chi connectivity index (χ3v) is 3.12. The molecule has 4 nitrogen and oxygen atoms in total. The van der Waals surface area contributed by atoms with Crippen LogP contribution in [0.1, 0.15) is 28.3 Å². The first-order chi connectivity index (χ1) is 7.68. The van der Waals surface area contributed by atoms with Gasteiger partial charge >= 0.3 is 5.97 Å². The Hall–Kier alpha value is -1.39. The molecule has 16 heavy (non-hydrogen) atoms. The molecule has 2 unspecified atom stereocenters. The molecule has 1 aromatic rings. The van der Waals surface area contributed by atoms with Crippen LogP contribution < -0.4 is 11.1 Å². The van der Waals surface area contributed by atoms with Crippen LogP contribution in [0, 0.1) is 0 Å². The third-order valence-electron chi connectivity index (χ3n) is 3.12. The smallest absolute Gasteiger partial charge is 0.335 e. The molecular weight excluding hydrogens is 204 g/mol. The second kappa shape index (κ2) is 4.63. The summed E-state index contributed by atoms with van der Waals surface area (Å²) in [5.74, 6) is -0.603. The van der Waals surface area contributed by atoms with Crippen LogP contribution >= 0.6 is 0 Å². The lowest BCUT2D eigenvalue weighted by atomic mass is 9.87. The molecule has 0 aromatic heterocycles. The molecule has 86 valence electrons. The first-order valence-electron chi connectivity index (χ1n) is 5.48. The van der Waals surface area contributed by atoms with Gasteiger partial charge in [-0.1, -0.05) is 12.1 Å². The van der Waals surface area contributed by atoms with E-state index in [1.807, 2.05) is 12.1 Å². The lowest BCUT2D eigenvalue weighted by Gasteiger charge is -2.29. The Labute approximate surface area is 94.5 Å². The molecule has 0 spiro atoms. The van der Waals surface area contributed by atoms with Gasteiger partial charge in [0.2, 0.25) is 0 Å². The molecule has 0 bridgehead atoms. The maximum absolute atomic E-state index is 10.7. The van der Waals surface area contributed by atoms with Crippen molar-refractivity contribution in [2.45, 2.75) is 18.4 Å². The molecule has 0 saturated carbocycles. The molecular formula is C12H16N2O2. The van der Waals surface area contributed by atoms with Gasteiger partial charge in [-0.25, -0.2) is 4.79 Å². The number of nitrogens with one attached hydrogen (secondary N) is 1. The van der Waals surface area contributed by atoms with Gasteiger partial charge in [-0.3, -0.25) is 0 Å². The van der Waals surface area contributed by atoms with Crippen LogP contribution in [0.5, 0.6) is 0 Å². The number of carbonyl (C=O) groups is 1. The van der Waals surface area contributed by atoms with E-state index in [-0.39, 0.29) is 12.0 Å². The normalized spacial score (nSPS) is 25.3. The van der Waals surface area contributed by atoms with E-state index in [9.17, 15) is 4.79 Å². The van der Waals surface area contributed by atoms with Gasteiger partial charge in [0.1, 0.15) is 0 Å². The Kier molecular flexibility index (Phi) is 3.22. The van der Waals surface area contributed by atoms with E-state index < -0.39 is 5.97 Å². The van der Waals surface area contributed by atoms with Crippen LogP contribution in [-0.4, -0.2) is 30.2 Å². The second-order valence-electron chi connectivity index (χ2n) is 4.19. The summed E-state index contributed by atoms with van der Waals surface area (Å²) in [5, 5.41) is 12.1. The Morgan fingerprint density at radius 2 is 2.06 bits per heavy atom. The van der Waals surface area contributed by atoms with Crippen LogP contribution in [0.4, 0.5) is 0 Å². The highest BCUT2D eigenvalue weighted by molar-refractivity contribution is 5.87. The van der Waals surface area contributed by atoms with Gasteiger partial charge in [0.25, 0.3) is 0 Å². The average Bonchev–Trinajstić information content (AvgIpc) is 2.30. The molecule has 0 aliphatic carbocycles. The Morgan fingerprint density at radius 1 is 1.38 bits per heavy atom. The van der Waals surface area contributed by atoms with Gasteiger partial charge in [-0.2, -0.15) is 0 Å². The van der Waals surface area contributed by atoms with Crippen molar-refractivity contribution in [1.29, 1.82) is 0 Å². The van der Waals surface area contributed by atoms with Gasteiger partial charge in [0, 0.05) is 18.5 Å². The minimum atomic E-state index is -0.891. The second-order valence-corrected chi connectivity index (χ2v) is 4.19. The fourth-order valence-electron chi connectivity index (χ4n) is 2.12. The zero-order valence-corrected chi connectivity index (χ0v) is 9.02. The first kappa shape index (κ1) is 11.1. The molecule has 0 amide bonds. The largest absolute Gasteiger partial charge is 0.478 e. The highest BCUT2D eigenvalue weighted by Gasteiger charge is 2.22. The quantitative estimate of drug-likeness (QED) is 0.688. The van der Waals surface area contributed by atoms with E-state index in [1.165, 1.54) is 0 Å². The number of hydrogen-bond acceptors (Lipinski definition) is 3. The molecule has 1 heterocycles. The van der Waals surface area contributed by atoms with Crippen molar-refractivity contribution >= 4 is 5.97 Å². The summed E-state index contributed by atoms with van der Waals surface area (Å²) < 4.78 is 0. The van der Waals surface area contributed by atoms with E-state index in [0.717, 1.165) is 25.1 Å². The van der Waals surface area contributed by atoms with Crippen LogP contribution in [0.3, 0.4) is 0 Å². The molecule has 2 rings (SSSR count). The standard InChI is InChI=1S/C12H16N2O2/c13-11-5-6-14-7-10(11)8-1-3-9(4-2-8)12(15)16/h1-4,10-11,14H,5-7,13H2,(H,15,16). The maximum atomic E-state index is 10.7. The van der Waals surface area contributed by atoms with Gasteiger partial charge < -0.3 is 16.2 Å². The number of nitrogens with two attached hydrogens (primary N) is 1. The van der Waals surface area contributed by atoms with Gasteiger partial charge in [0.05, 0.1) is 5.56 Å². The van der Waals surface area contributed by atoms with E-state index >= 15 is 0 Å². The van der Waals surface area contributed by atoms with Crippen LogP contribution in [0.15, 0.2) is 24.3 Å². The molecule has 4 N–H and O–H groups in total. The highest BCUT2D eigenvalue weighted by Crippen LogP contribution is 2.22. The fourth-order valence-corrected chi connectivity index (χ4v) is 2.12. The van der Waals surface area contributed by atoms with Crippen molar-refractivity contribution in [2.24, 2.45) is 5.73 Å². The third kappa shape index (κ3) is 2.23. The Balaban J connectivity index is 2.17. The minimum absolute atomic E-state index is 0.164. The maximum Gasteiger partial charge on any atom is 0.335 e. The minimum Gasteiger partial charge on any atom is -0.478 e.